The minimum absolute atomic E-state index is 0.467. The minimum atomic E-state index is 0.467. The molecule has 3 aromatic carbocycles. The normalized spacial score (nSPS) is 17.2. The number of hydrogen-bond donors (Lipinski definition) is 0. The summed E-state index contributed by atoms with van der Waals surface area (Å²) in [6, 6.07) is 16.2. The first-order chi connectivity index (χ1) is 16.4. The van der Waals surface area contributed by atoms with Crippen LogP contribution in [0.15, 0.2) is 48.7 Å². The smallest absolute Gasteiger partial charge is 0.0822 e. The molecule has 0 spiro atoms. The van der Waals surface area contributed by atoms with Crippen molar-refractivity contribution in [2.45, 2.75) is 66.2 Å². The van der Waals surface area contributed by atoms with Crippen molar-refractivity contribution >= 4 is 49.0 Å². The lowest BCUT2D eigenvalue weighted by atomic mass is 9.70. The van der Waals surface area contributed by atoms with Gasteiger partial charge in [0.25, 0.3) is 0 Å². The molecular weight excluding hydrogens is 412 g/mol. The van der Waals surface area contributed by atoms with Crippen LogP contribution in [0.3, 0.4) is 0 Å². The van der Waals surface area contributed by atoms with Crippen molar-refractivity contribution in [3.05, 3.63) is 70.9 Å². The van der Waals surface area contributed by atoms with Crippen LogP contribution >= 0.6 is 0 Å². The zero-order valence-corrected chi connectivity index (χ0v) is 20.9. The molecule has 0 atom stereocenters. The van der Waals surface area contributed by atoms with Gasteiger partial charge in [-0.25, -0.2) is 0 Å². The Morgan fingerprint density at radius 3 is 2.41 bits per heavy atom. The van der Waals surface area contributed by atoms with Crippen LogP contribution in [0, 0.1) is 26.2 Å². The number of pyridine rings is 2. The maximum absolute atomic E-state index is 4.99. The lowest BCUT2D eigenvalue weighted by Gasteiger charge is -2.35. The lowest BCUT2D eigenvalue weighted by Crippen LogP contribution is -2.20. The molecule has 0 bridgehead atoms. The number of aryl methyl sites for hydroxylation is 2. The Bertz CT molecular complexity index is 1760. The highest BCUT2D eigenvalue weighted by molar-refractivity contribution is 6.28. The second-order valence-corrected chi connectivity index (χ2v) is 11.6. The van der Waals surface area contributed by atoms with Crippen molar-refractivity contribution < 1.29 is 0 Å². The Morgan fingerprint density at radius 1 is 0.853 bits per heavy atom. The summed E-state index contributed by atoms with van der Waals surface area (Å²) in [6.45, 7) is 11.7. The Kier molecular flexibility index (Phi) is 4.00. The molecule has 34 heavy (non-hydrogen) atoms. The number of nitrogens with zero attached hydrogens (tertiary/aromatic N) is 2. The first kappa shape index (κ1) is 20.3. The summed E-state index contributed by atoms with van der Waals surface area (Å²) < 4.78 is 2.58. The van der Waals surface area contributed by atoms with Gasteiger partial charge in [-0.05, 0) is 110 Å². The molecule has 1 fully saturated rings. The molecule has 0 radical (unpaired) electrons. The highest BCUT2D eigenvalue weighted by atomic mass is 14.9. The van der Waals surface area contributed by atoms with Gasteiger partial charge in [0.2, 0.25) is 0 Å². The molecule has 170 valence electrons. The predicted molar refractivity (Wildman–Crippen MR) is 146 cm³/mol. The van der Waals surface area contributed by atoms with Crippen LogP contribution in [0.5, 0.6) is 0 Å². The van der Waals surface area contributed by atoms with Gasteiger partial charge in [-0.1, -0.05) is 32.0 Å². The van der Waals surface area contributed by atoms with Crippen LogP contribution in [0.1, 0.15) is 67.7 Å². The molecule has 3 heterocycles. The fourth-order valence-corrected chi connectivity index (χ4v) is 6.86. The summed E-state index contributed by atoms with van der Waals surface area (Å²) in [6.07, 6.45) is 7.18. The van der Waals surface area contributed by atoms with E-state index in [9.17, 15) is 0 Å². The van der Waals surface area contributed by atoms with E-state index in [0.29, 0.717) is 11.3 Å². The highest BCUT2D eigenvalue weighted by Gasteiger charge is 2.31. The maximum atomic E-state index is 4.99. The van der Waals surface area contributed by atoms with Crippen LogP contribution in [0.25, 0.3) is 49.0 Å². The molecular formula is C32H32N2. The van der Waals surface area contributed by atoms with E-state index in [0.717, 1.165) is 5.52 Å². The summed E-state index contributed by atoms with van der Waals surface area (Å²) in [5.74, 6) is 0.621. The van der Waals surface area contributed by atoms with Gasteiger partial charge in [-0.15, -0.1) is 0 Å². The van der Waals surface area contributed by atoms with E-state index in [-0.39, 0.29) is 0 Å². The largest absolute Gasteiger partial charge is 0.308 e. The second kappa shape index (κ2) is 6.72. The zero-order valence-electron chi connectivity index (χ0n) is 20.9. The van der Waals surface area contributed by atoms with Gasteiger partial charge in [-0.2, -0.15) is 0 Å². The van der Waals surface area contributed by atoms with Gasteiger partial charge in [0.05, 0.1) is 22.1 Å². The lowest BCUT2D eigenvalue weighted by molar-refractivity contribution is 0.225. The second-order valence-electron chi connectivity index (χ2n) is 11.6. The first-order valence-electron chi connectivity index (χ1n) is 12.8. The number of rotatable bonds is 1. The van der Waals surface area contributed by atoms with Crippen LogP contribution in [0.2, 0.25) is 0 Å². The molecule has 7 rings (SSSR count). The molecule has 0 amide bonds. The molecule has 1 aliphatic carbocycles. The number of aromatic nitrogens is 2. The Morgan fingerprint density at radius 2 is 1.62 bits per heavy atom. The summed E-state index contributed by atoms with van der Waals surface area (Å²) in [4.78, 5) is 4.99. The molecule has 0 unspecified atom stereocenters. The van der Waals surface area contributed by atoms with Crippen LogP contribution in [-0.4, -0.2) is 9.38 Å². The summed E-state index contributed by atoms with van der Waals surface area (Å²) in [5.41, 5.74) is 11.3. The first-order valence-corrected chi connectivity index (χ1v) is 12.8. The molecule has 0 N–H and O–H groups in total. The van der Waals surface area contributed by atoms with Crippen LogP contribution in [0.4, 0.5) is 0 Å². The van der Waals surface area contributed by atoms with Crippen LogP contribution < -0.4 is 0 Å². The van der Waals surface area contributed by atoms with Crippen molar-refractivity contribution in [3.8, 4) is 0 Å². The number of fused-ring (bicyclic) bond motifs is 6. The summed E-state index contributed by atoms with van der Waals surface area (Å²) in [5, 5.41) is 6.78. The fourth-order valence-electron chi connectivity index (χ4n) is 6.86. The average molecular weight is 445 g/mol. The summed E-state index contributed by atoms with van der Waals surface area (Å²) in [7, 11) is 0. The van der Waals surface area contributed by atoms with E-state index in [2.05, 4.69) is 81.5 Å². The number of benzene rings is 3. The van der Waals surface area contributed by atoms with Crippen molar-refractivity contribution in [2.75, 3.05) is 0 Å². The Hall–Kier alpha value is -3.13. The third-order valence-corrected chi connectivity index (χ3v) is 9.08. The van der Waals surface area contributed by atoms with Crippen molar-refractivity contribution in [2.24, 2.45) is 5.41 Å². The van der Waals surface area contributed by atoms with E-state index in [1.165, 1.54) is 85.9 Å². The highest BCUT2D eigenvalue weighted by Crippen LogP contribution is 2.49. The SMILES string of the molecule is Cc1cc2c3nccc4cc(C5CCC(C)(C)CC5)c5c6ccccc6n(c2c(C)c1C)c5c43. The number of para-hydroxylation sites is 1. The molecule has 0 saturated heterocycles. The molecule has 1 saturated carbocycles. The molecule has 0 aliphatic heterocycles. The van der Waals surface area contributed by atoms with Crippen LogP contribution in [-0.2, 0) is 0 Å². The summed E-state index contributed by atoms with van der Waals surface area (Å²) >= 11 is 0. The molecule has 2 heteroatoms. The van der Waals surface area contributed by atoms with E-state index in [1.54, 1.807) is 5.56 Å². The topological polar surface area (TPSA) is 17.3 Å². The maximum Gasteiger partial charge on any atom is 0.0822 e. The van der Waals surface area contributed by atoms with Gasteiger partial charge < -0.3 is 4.40 Å². The predicted octanol–water partition coefficient (Wildman–Crippen LogP) is 8.99. The van der Waals surface area contributed by atoms with E-state index in [1.807, 2.05) is 6.20 Å². The number of hydrogen-bond acceptors (Lipinski definition) is 1. The average Bonchev–Trinajstić information content (AvgIpc) is 3.17. The van der Waals surface area contributed by atoms with E-state index in [4.69, 9.17) is 4.98 Å². The standard InChI is InChI=1S/C32H32N2/c1-18-16-25-29-27-22(12-15-33-29)17-24(21-10-13-32(4,5)14-11-21)28-23-8-6-7-9-26(23)34(31(27)28)30(25)20(3)19(18)2/h6-9,12,15-17,21H,10-11,13-14H2,1-5H3. The van der Waals surface area contributed by atoms with E-state index >= 15 is 0 Å². The van der Waals surface area contributed by atoms with E-state index < -0.39 is 0 Å². The third-order valence-electron chi connectivity index (χ3n) is 9.08. The van der Waals surface area contributed by atoms with Crippen molar-refractivity contribution in [3.63, 3.8) is 0 Å². The molecule has 3 aromatic heterocycles. The van der Waals surface area contributed by atoms with Gasteiger partial charge in [-0.3, -0.25) is 4.98 Å². The fraction of sp³-hybridized carbons (Fsp3) is 0.344. The molecule has 1 aliphatic rings. The molecule has 6 aromatic rings. The monoisotopic (exact) mass is 444 g/mol. The zero-order chi connectivity index (χ0) is 23.4. The van der Waals surface area contributed by atoms with Gasteiger partial charge >= 0.3 is 0 Å². The molecule has 2 nitrogen and oxygen atoms in total. The Balaban J connectivity index is 1.74. The van der Waals surface area contributed by atoms with Gasteiger partial charge in [0, 0.05) is 27.7 Å². The Labute approximate surface area is 200 Å². The quantitative estimate of drug-likeness (QED) is 0.183. The minimum Gasteiger partial charge on any atom is -0.308 e. The van der Waals surface area contributed by atoms with Gasteiger partial charge in [0.1, 0.15) is 0 Å². The van der Waals surface area contributed by atoms with Gasteiger partial charge in [0.15, 0.2) is 0 Å². The van der Waals surface area contributed by atoms with Crippen molar-refractivity contribution in [1.82, 2.24) is 9.38 Å². The van der Waals surface area contributed by atoms with Crippen molar-refractivity contribution in [1.29, 1.82) is 0 Å². The third kappa shape index (κ3) is 2.54.